The first-order valence-electron chi connectivity index (χ1n) is 3.80. The molecule has 66 valence electrons. The fraction of sp³-hybridized carbons (Fsp3) is 0.400. The number of allylic oxidation sites excluding steroid dienone is 1. The van der Waals surface area contributed by atoms with Gasteiger partial charge in [-0.2, -0.15) is 0 Å². The summed E-state index contributed by atoms with van der Waals surface area (Å²) in [5.41, 5.74) is 4.67. The third-order valence-corrected chi connectivity index (χ3v) is 1.12. The van der Waals surface area contributed by atoms with Crippen molar-refractivity contribution >= 4 is 6.34 Å². The van der Waals surface area contributed by atoms with Crippen molar-refractivity contribution in [1.82, 2.24) is 4.90 Å². The molecule has 0 rings (SSSR count). The summed E-state index contributed by atoms with van der Waals surface area (Å²) in [6.07, 6.45) is 2.48. The minimum Gasteiger partial charge on any atom is -0.369 e. The van der Waals surface area contributed by atoms with Gasteiger partial charge in [0.05, 0.1) is 12.0 Å². The van der Waals surface area contributed by atoms with Crippen LogP contribution in [0.25, 0.3) is 0 Å². The molecule has 0 atom stereocenters. The minimum absolute atomic E-state index is 0.744. The SMILES string of the molecule is C=C=C(CC(=C)C)N=CN(C)C. The van der Waals surface area contributed by atoms with Crippen LogP contribution in [-0.2, 0) is 0 Å². The fourth-order valence-electron chi connectivity index (χ4n) is 0.625. The Kier molecular flexibility index (Phi) is 4.82. The molecule has 0 N–H and O–H groups in total. The van der Waals surface area contributed by atoms with E-state index in [0.717, 1.165) is 17.7 Å². The van der Waals surface area contributed by atoms with Crippen molar-refractivity contribution in [2.75, 3.05) is 14.1 Å². The highest BCUT2D eigenvalue weighted by Crippen LogP contribution is 2.07. The van der Waals surface area contributed by atoms with Gasteiger partial charge in [0.25, 0.3) is 0 Å². The highest BCUT2D eigenvalue weighted by Gasteiger charge is 1.92. The molecule has 12 heavy (non-hydrogen) atoms. The van der Waals surface area contributed by atoms with Crippen LogP contribution in [0, 0.1) is 0 Å². The zero-order valence-electron chi connectivity index (χ0n) is 8.09. The molecular weight excluding hydrogens is 148 g/mol. The van der Waals surface area contributed by atoms with Crippen molar-refractivity contribution in [1.29, 1.82) is 0 Å². The van der Waals surface area contributed by atoms with Gasteiger partial charge in [0.15, 0.2) is 0 Å². The van der Waals surface area contributed by atoms with Crippen molar-refractivity contribution in [3.8, 4) is 0 Å². The fourth-order valence-corrected chi connectivity index (χ4v) is 0.625. The molecule has 0 aliphatic carbocycles. The molecule has 2 heteroatoms. The van der Waals surface area contributed by atoms with Crippen LogP contribution in [0.5, 0.6) is 0 Å². The van der Waals surface area contributed by atoms with Crippen LogP contribution in [0.1, 0.15) is 13.3 Å². The van der Waals surface area contributed by atoms with Crippen molar-refractivity contribution in [3.63, 3.8) is 0 Å². The molecule has 0 aliphatic heterocycles. The van der Waals surface area contributed by atoms with Crippen LogP contribution in [0.3, 0.4) is 0 Å². The predicted octanol–water partition coefficient (Wildman–Crippen LogP) is 2.21. The van der Waals surface area contributed by atoms with E-state index in [1.165, 1.54) is 0 Å². The average molecular weight is 164 g/mol. The number of hydrogen-bond acceptors (Lipinski definition) is 1. The van der Waals surface area contributed by atoms with Gasteiger partial charge in [0.1, 0.15) is 0 Å². The van der Waals surface area contributed by atoms with E-state index in [-0.39, 0.29) is 0 Å². The molecule has 0 saturated carbocycles. The molecule has 0 aliphatic rings. The highest BCUT2D eigenvalue weighted by atomic mass is 15.1. The number of nitrogens with zero attached hydrogens (tertiary/aromatic N) is 2. The maximum Gasteiger partial charge on any atom is 0.0910 e. The summed E-state index contributed by atoms with van der Waals surface area (Å²) in [4.78, 5) is 6.04. The molecule has 2 nitrogen and oxygen atoms in total. The maximum absolute atomic E-state index is 4.16. The lowest BCUT2D eigenvalue weighted by atomic mass is 10.2. The quantitative estimate of drug-likeness (QED) is 0.269. The molecular formula is C10H16N2. The Hall–Kier alpha value is -1.27. The highest BCUT2D eigenvalue weighted by molar-refractivity contribution is 5.55. The summed E-state index contributed by atoms with van der Waals surface area (Å²) in [6.45, 7) is 9.31. The number of aliphatic imine (C=N–C) groups is 1. The standard InChI is InChI=1S/C10H16N2/c1-6-10(7-9(2)3)11-8-12(4)5/h8H,1-2,7H2,3-5H3. The summed E-state index contributed by atoms with van der Waals surface area (Å²) < 4.78 is 0. The Morgan fingerprint density at radius 2 is 2.17 bits per heavy atom. The van der Waals surface area contributed by atoms with Gasteiger partial charge in [-0.1, -0.05) is 18.7 Å². The van der Waals surface area contributed by atoms with Crippen LogP contribution in [0.2, 0.25) is 0 Å². The summed E-state index contributed by atoms with van der Waals surface area (Å²) in [5.74, 6) is 0. The first-order chi connectivity index (χ1) is 5.56. The summed E-state index contributed by atoms with van der Waals surface area (Å²) in [5, 5.41) is 0. The molecule has 0 fully saturated rings. The molecule has 0 aromatic heterocycles. The van der Waals surface area contributed by atoms with E-state index < -0.39 is 0 Å². The van der Waals surface area contributed by atoms with E-state index in [2.05, 4.69) is 23.9 Å². The monoisotopic (exact) mass is 164 g/mol. The summed E-state index contributed by atoms with van der Waals surface area (Å²) in [6, 6.07) is 0. The Morgan fingerprint density at radius 3 is 2.50 bits per heavy atom. The third-order valence-electron chi connectivity index (χ3n) is 1.12. The van der Waals surface area contributed by atoms with Gasteiger partial charge in [0.2, 0.25) is 0 Å². The Labute approximate surface area is 74.6 Å². The van der Waals surface area contributed by atoms with Crippen LogP contribution < -0.4 is 0 Å². The smallest absolute Gasteiger partial charge is 0.0910 e. The van der Waals surface area contributed by atoms with Gasteiger partial charge in [0, 0.05) is 20.5 Å². The molecule has 0 spiro atoms. The van der Waals surface area contributed by atoms with Crippen molar-refractivity contribution in [2.24, 2.45) is 4.99 Å². The second kappa shape index (κ2) is 5.39. The van der Waals surface area contributed by atoms with Crippen LogP contribution in [-0.4, -0.2) is 25.3 Å². The number of rotatable bonds is 4. The second-order valence-corrected chi connectivity index (χ2v) is 2.97. The van der Waals surface area contributed by atoms with E-state index in [1.54, 1.807) is 6.34 Å². The van der Waals surface area contributed by atoms with Crippen molar-refractivity contribution in [3.05, 3.63) is 30.2 Å². The first-order valence-corrected chi connectivity index (χ1v) is 3.80. The van der Waals surface area contributed by atoms with Gasteiger partial charge in [-0.15, -0.1) is 5.73 Å². The van der Waals surface area contributed by atoms with Gasteiger partial charge in [-0.05, 0) is 6.92 Å². The largest absolute Gasteiger partial charge is 0.369 e. The number of hydrogen-bond donors (Lipinski definition) is 0. The molecule has 0 radical (unpaired) electrons. The lowest BCUT2D eigenvalue weighted by molar-refractivity contribution is 0.641. The first kappa shape index (κ1) is 10.7. The molecule has 0 saturated heterocycles. The average Bonchev–Trinajstić information content (AvgIpc) is 1.97. The van der Waals surface area contributed by atoms with E-state index in [9.17, 15) is 0 Å². The Bertz CT molecular complexity index is 230. The lowest BCUT2D eigenvalue weighted by Gasteiger charge is -2.03. The van der Waals surface area contributed by atoms with E-state index in [1.807, 2.05) is 25.9 Å². The lowest BCUT2D eigenvalue weighted by Crippen LogP contribution is -2.07. The normalized spacial score (nSPS) is 9.58. The van der Waals surface area contributed by atoms with Gasteiger partial charge < -0.3 is 4.90 Å². The maximum atomic E-state index is 4.16. The zero-order chi connectivity index (χ0) is 9.56. The molecule has 0 aromatic rings. The van der Waals surface area contributed by atoms with Gasteiger partial charge in [-0.25, -0.2) is 4.99 Å². The van der Waals surface area contributed by atoms with E-state index in [0.29, 0.717) is 0 Å². The van der Waals surface area contributed by atoms with Crippen LogP contribution in [0.4, 0.5) is 0 Å². The van der Waals surface area contributed by atoms with Crippen molar-refractivity contribution in [2.45, 2.75) is 13.3 Å². The molecule has 0 bridgehead atoms. The van der Waals surface area contributed by atoms with E-state index >= 15 is 0 Å². The second-order valence-electron chi connectivity index (χ2n) is 2.97. The Morgan fingerprint density at radius 1 is 1.58 bits per heavy atom. The van der Waals surface area contributed by atoms with Crippen molar-refractivity contribution < 1.29 is 0 Å². The zero-order valence-corrected chi connectivity index (χ0v) is 8.09. The Balaban J connectivity index is 4.21. The molecule has 0 unspecified atom stereocenters. The topological polar surface area (TPSA) is 15.6 Å². The summed E-state index contributed by atoms with van der Waals surface area (Å²) in [7, 11) is 3.84. The minimum atomic E-state index is 0.744. The third kappa shape index (κ3) is 5.51. The molecule has 0 heterocycles. The molecule has 0 aromatic carbocycles. The summed E-state index contributed by atoms with van der Waals surface area (Å²) >= 11 is 0. The van der Waals surface area contributed by atoms with Gasteiger partial charge >= 0.3 is 0 Å². The van der Waals surface area contributed by atoms with Gasteiger partial charge in [-0.3, -0.25) is 0 Å². The van der Waals surface area contributed by atoms with E-state index in [4.69, 9.17) is 0 Å². The van der Waals surface area contributed by atoms with Crippen LogP contribution in [0.15, 0.2) is 35.2 Å². The van der Waals surface area contributed by atoms with Crippen LogP contribution >= 0.6 is 0 Å². The molecule has 0 amide bonds. The predicted molar refractivity (Wildman–Crippen MR) is 54.3 cm³/mol.